The standard InChI is InChI=1S/C13H16FNO3/c14-7-10-3-1-2-4-11(10)9-18-13(17)6-5-12(16)8-15/h1-4H,5-9,15H2. The van der Waals surface area contributed by atoms with Crippen LogP contribution < -0.4 is 5.73 Å². The first-order valence-corrected chi connectivity index (χ1v) is 5.67. The molecule has 2 N–H and O–H groups in total. The van der Waals surface area contributed by atoms with E-state index in [1.807, 2.05) is 0 Å². The zero-order valence-corrected chi connectivity index (χ0v) is 10.0. The van der Waals surface area contributed by atoms with Crippen molar-refractivity contribution < 1.29 is 18.7 Å². The highest BCUT2D eigenvalue weighted by atomic mass is 19.1. The highest BCUT2D eigenvalue weighted by Crippen LogP contribution is 2.11. The van der Waals surface area contributed by atoms with Gasteiger partial charge in [0, 0.05) is 6.42 Å². The van der Waals surface area contributed by atoms with E-state index in [4.69, 9.17) is 10.5 Å². The Bertz CT molecular complexity index is 420. The van der Waals surface area contributed by atoms with Crippen LogP contribution in [0.4, 0.5) is 4.39 Å². The molecule has 0 unspecified atom stereocenters. The number of Topliss-reactive ketones (excluding diaryl/α,β-unsaturated/α-hetero) is 1. The molecule has 0 aliphatic rings. The van der Waals surface area contributed by atoms with Gasteiger partial charge in [-0.05, 0) is 11.1 Å². The molecule has 0 saturated heterocycles. The Kier molecular flexibility index (Phi) is 6.00. The van der Waals surface area contributed by atoms with E-state index in [2.05, 4.69) is 0 Å². The Labute approximate surface area is 105 Å². The van der Waals surface area contributed by atoms with Crippen LogP contribution in [0, 0.1) is 0 Å². The number of hydrogen-bond acceptors (Lipinski definition) is 4. The first kappa shape index (κ1) is 14.3. The number of ketones is 1. The van der Waals surface area contributed by atoms with Gasteiger partial charge in [0.2, 0.25) is 0 Å². The zero-order valence-electron chi connectivity index (χ0n) is 10.0. The average molecular weight is 253 g/mol. The largest absolute Gasteiger partial charge is 0.461 e. The van der Waals surface area contributed by atoms with E-state index < -0.39 is 12.6 Å². The Morgan fingerprint density at radius 3 is 2.44 bits per heavy atom. The van der Waals surface area contributed by atoms with E-state index in [1.54, 1.807) is 24.3 Å². The third-order valence-electron chi connectivity index (χ3n) is 2.49. The smallest absolute Gasteiger partial charge is 0.306 e. The molecular weight excluding hydrogens is 237 g/mol. The first-order valence-electron chi connectivity index (χ1n) is 5.67. The van der Waals surface area contributed by atoms with Crippen LogP contribution >= 0.6 is 0 Å². The summed E-state index contributed by atoms with van der Waals surface area (Å²) >= 11 is 0. The van der Waals surface area contributed by atoms with Crippen molar-refractivity contribution in [3.05, 3.63) is 35.4 Å². The molecule has 0 amide bonds. The third kappa shape index (κ3) is 4.63. The van der Waals surface area contributed by atoms with Crippen molar-refractivity contribution in [2.75, 3.05) is 6.54 Å². The molecule has 1 aromatic carbocycles. The number of carbonyl (C=O) groups excluding carboxylic acids is 2. The number of halogens is 1. The quantitative estimate of drug-likeness (QED) is 0.748. The van der Waals surface area contributed by atoms with Gasteiger partial charge in [-0.15, -0.1) is 0 Å². The molecule has 1 aromatic rings. The first-order chi connectivity index (χ1) is 8.67. The van der Waals surface area contributed by atoms with Crippen LogP contribution in [0.3, 0.4) is 0 Å². The van der Waals surface area contributed by atoms with Gasteiger partial charge in [0.15, 0.2) is 0 Å². The average Bonchev–Trinajstić information content (AvgIpc) is 2.42. The number of rotatable bonds is 7. The van der Waals surface area contributed by atoms with Crippen LogP contribution in [0.25, 0.3) is 0 Å². The minimum Gasteiger partial charge on any atom is -0.461 e. The second-order valence-electron chi connectivity index (χ2n) is 3.81. The lowest BCUT2D eigenvalue weighted by Crippen LogP contribution is -2.15. The number of hydrogen-bond donors (Lipinski definition) is 1. The molecular formula is C13H16FNO3. The molecule has 1 rings (SSSR count). The van der Waals surface area contributed by atoms with Crippen LogP contribution in [0.1, 0.15) is 24.0 Å². The molecule has 0 aliphatic heterocycles. The second kappa shape index (κ2) is 7.55. The van der Waals surface area contributed by atoms with Crippen molar-refractivity contribution in [2.24, 2.45) is 5.73 Å². The lowest BCUT2D eigenvalue weighted by Gasteiger charge is -2.07. The van der Waals surface area contributed by atoms with Crippen molar-refractivity contribution in [1.82, 2.24) is 0 Å². The van der Waals surface area contributed by atoms with Crippen LogP contribution in [-0.2, 0) is 27.6 Å². The fraction of sp³-hybridized carbons (Fsp3) is 0.385. The van der Waals surface area contributed by atoms with Crippen LogP contribution in [0.5, 0.6) is 0 Å². The van der Waals surface area contributed by atoms with E-state index in [1.165, 1.54) is 0 Å². The maximum atomic E-state index is 12.6. The molecule has 4 nitrogen and oxygen atoms in total. The number of benzene rings is 1. The lowest BCUT2D eigenvalue weighted by molar-refractivity contribution is -0.146. The normalized spacial score (nSPS) is 10.1. The molecule has 0 spiro atoms. The van der Waals surface area contributed by atoms with E-state index in [9.17, 15) is 14.0 Å². The predicted octanol–water partition coefficient (Wildman–Crippen LogP) is 1.51. The fourth-order valence-electron chi connectivity index (χ4n) is 1.40. The van der Waals surface area contributed by atoms with Crippen LogP contribution in [0.2, 0.25) is 0 Å². The molecule has 0 atom stereocenters. The Morgan fingerprint density at radius 1 is 1.17 bits per heavy atom. The van der Waals surface area contributed by atoms with Crippen molar-refractivity contribution in [2.45, 2.75) is 26.1 Å². The maximum absolute atomic E-state index is 12.6. The summed E-state index contributed by atoms with van der Waals surface area (Å²) in [6.45, 7) is -0.646. The molecule has 0 fully saturated rings. The van der Waals surface area contributed by atoms with Crippen molar-refractivity contribution in [1.29, 1.82) is 0 Å². The zero-order chi connectivity index (χ0) is 13.4. The molecule has 18 heavy (non-hydrogen) atoms. The van der Waals surface area contributed by atoms with E-state index in [-0.39, 0.29) is 31.8 Å². The minimum absolute atomic E-state index is 0.00776. The van der Waals surface area contributed by atoms with Gasteiger partial charge in [-0.25, -0.2) is 4.39 Å². The summed E-state index contributed by atoms with van der Waals surface area (Å²) in [5.41, 5.74) is 6.26. The molecule has 0 aliphatic carbocycles. The summed E-state index contributed by atoms with van der Waals surface area (Å²) in [6.07, 6.45) is 0.0912. The maximum Gasteiger partial charge on any atom is 0.306 e. The summed E-state index contributed by atoms with van der Waals surface area (Å²) in [4.78, 5) is 22.2. The Hall–Kier alpha value is -1.75. The third-order valence-corrected chi connectivity index (χ3v) is 2.49. The van der Waals surface area contributed by atoms with Crippen molar-refractivity contribution >= 4 is 11.8 Å². The van der Waals surface area contributed by atoms with Gasteiger partial charge in [-0.1, -0.05) is 24.3 Å². The Balaban J connectivity index is 2.40. The molecule has 0 aromatic heterocycles. The summed E-state index contributed by atoms with van der Waals surface area (Å²) < 4.78 is 17.6. The molecule has 0 heterocycles. The summed E-state index contributed by atoms with van der Waals surface area (Å²) in [6, 6.07) is 6.81. The minimum atomic E-state index is -0.598. The van der Waals surface area contributed by atoms with Gasteiger partial charge >= 0.3 is 5.97 Å². The van der Waals surface area contributed by atoms with E-state index >= 15 is 0 Å². The predicted molar refractivity (Wildman–Crippen MR) is 64.3 cm³/mol. The van der Waals surface area contributed by atoms with Gasteiger partial charge < -0.3 is 10.5 Å². The van der Waals surface area contributed by atoms with E-state index in [0.29, 0.717) is 11.1 Å². The molecule has 0 radical (unpaired) electrons. The van der Waals surface area contributed by atoms with Gasteiger partial charge in [0.1, 0.15) is 19.1 Å². The lowest BCUT2D eigenvalue weighted by atomic mass is 10.1. The summed E-state index contributed by atoms with van der Waals surface area (Å²) in [5.74, 6) is -0.665. The molecule has 0 saturated carbocycles. The molecule has 0 bridgehead atoms. The van der Waals surface area contributed by atoms with Crippen LogP contribution in [-0.4, -0.2) is 18.3 Å². The number of nitrogens with two attached hydrogens (primary N) is 1. The van der Waals surface area contributed by atoms with Gasteiger partial charge in [0.25, 0.3) is 0 Å². The monoisotopic (exact) mass is 253 g/mol. The van der Waals surface area contributed by atoms with Crippen LogP contribution in [0.15, 0.2) is 24.3 Å². The SMILES string of the molecule is NCC(=O)CCC(=O)OCc1ccccc1CF. The second-order valence-corrected chi connectivity index (χ2v) is 3.81. The van der Waals surface area contributed by atoms with E-state index in [0.717, 1.165) is 0 Å². The van der Waals surface area contributed by atoms with Crippen molar-refractivity contribution in [3.63, 3.8) is 0 Å². The van der Waals surface area contributed by atoms with Crippen molar-refractivity contribution in [3.8, 4) is 0 Å². The van der Waals surface area contributed by atoms with Gasteiger partial charge in [-0.3, -0.25) is 9.59 Å². The highest BCUT2D eigenvalue weighted by Gasteiger charge is 2.08. The highest BCUT2D eigenvalue weighted by molar-refractivity contribution is 5.84. The number of ether oxygens (including phenoxy) is 1. The number of esters is 1. The topological polar surface area (TPSA) is 69.4 Å². The molecule has 98 valence electrons. The number of carbonyl (C=O) groups is 2. The molecule has 5 heteroatoms. The number of alkyl halides is 1. The summed E-state index contributed by atoms with van der Waals surface area (Å²) in [7, 11) is 0. The fourth-order valence-corrected chi connectivity index (χ4v) is 1.40. The van der Waals surface area contributed by atoms with Gasteiger partial charge in [-0.2, -0.15) is 0 Å². The Morgan fingerprint density at radius 2 is 1.83 bits per heavy atom. The van der Waals surface area contributed by atoms with Gasteiger partial charge in [0.05, 0.1) is 13.0 Å². The summed E-state index contributed by atoms with van der Waals surface area (Å²) in [5, 5.41) is 0.